The van der Waals surface area contributed by atoms with Crippen molar-refractivity contribution in [3.05, 3.63) is 71.8 Å². The molecule has 0 radical (unpaired) electrons. The van der Waals surface area contributed by atoms with E-state index in [9.17, 15) is 9.18 Å². The van der Waals surface area contributed by atoms with E-state index in [1.54, 1.807) is 19.1 Å². The van der Waals surface area contributed by atoms with Crippen LogP contribution in [-0.4, -0.2) is 37.2 Å². The molecule has 0 fully saturated rings. The zero-order valence-corrected chi connectivity index (χ0v) is 14.6. The van der Waals surface area contributed by atoms with Crippen molar-refractivity contribution in [2.45, 2.75) is 13.3 Å². The summed E-state index contributed by atoms with van der Waals surface area (Å²) in [6.45, 7) is 2.14. The molecule has 4 aromatic rings. The van der Waals surface area contributed by atoms with Gasteiger partial charge in [0, 0.05) is 13.0 Å². The Morgan fingerprint density at radius 3 is 2.70 bits per heavy atom. The highest BCUT2D eigenvalue weighted by atomic mass is 19.1. The number of fused-ring (bicyclic) bond motifs is 1. The van der Waals surface area contributed by atoms with E-state index < -0.39 is 0 Å². The summed E-state index contributed by atoms with van der Waals surface area (Å²) < 4.78 is 14.6. The first kappa shape index (κ1) is 16.9. The standard InChI is InChI=1S/C19H17FN6O/c1-12-22-18(25-26(12)14-8-6-13(20)7-9-14)19(27)21-11-10-17-23-15-4-2-3-5-16(15)24-17/h2-9H,10-11H2,1H3,(H,21,27)(H,23,24). The predicted octanol–water partition coefficient (Wildman–Crippen LogP) is 2.56. The first-order chi connectivity index (χ1) is 13.1. The second kappa shape index (κ2) is 6.99. The van der Waals surface area contributed by atoms with Crippen LogP contribution in [0.5, 0.6) is 0 Å². The van der Waals surface area contributed by atoms with Crippen LogP contribution in [0.1, 0.15) is 22.3 Å². The van der Waals surface area contributed by atoms with Gasteiger partial charge in [-0.2, -0.15) is 0 Å². The molecule has 2 aromatic heterocycles. The number of rotatable bonds is 5. The molecule has 4 rings (SSSR count). The highest BCUT2D eigenvalue weighted by molar-refractivity contribution is 5.90. The van der Waals surface area contributed by atoms with Gasteiger partial charge in [0.2, 0.25) is 5.82 Å². The second-order valence-electron chi connectivity index (χ2n) is 6.08. The fourth-order valence-electron chi connectivity index (χ4n) is 2.81. The third-order valence-electron chi connectivity index (χ3n) is 4.13. The zero-order valence-electron chi connectivity index (χ0n) is 14.6. The molecule has 136 valence electrons. The summed E-state index contributed by atoms with van der Waals surface area (Å²) in [6.07, 6.45) is 0.568. The van der Waals surface area contributed by atoms with Crippen molar-refractivity contribution >= 4 is 16.9 Å². The van der Waals surface area contributed by atoms with Crippen molar-refractivity contribution in [2.24, 2.45) is 0 Å². The number of carbonyl (C=O) groups is 1. The molecule has 0 unspecified atom stereocenters. The van der Waals surface area contributed by atoms with E-state index in [1.165, 1.54) is 16.8 Å². The van der Waals surface area contributed by atoms with Crippen molar-refractivity contribution in [1.82, 2.24) is 30.0 Å². The number of para-hydroxylation sites is 2. The number of aromatic amines is 1. The van der Waals surface area contributed by atoms with Gasteiger partial charge in [0.15, 0.2) is 0 Å². The average Bonchev–Trinajstić information content (AvgIpc) is 3.25. The van der Waals surface area contributed by atoms with Crippen molar-refractivity contribution in [2.75, 3.05) is 6.54 Å². The molecule has 0 saturated heterocycles. The first-order valence-electron chi connectivity index (χ1n) is 8.51. The molecule has 7 nitrogen and oxygen atoms in total. The molecule has 0 aliphatic rings. The number of carbonyl (C=O) groups excluding carboxylic acids is 1. The summed E-state index contributed by atoms with van der Waals surface area (Å²) in [6, 6.07) is 13.6. The second-order valence-corrected chi connectivity index (χ2v) is 6.08. The molecule has 0 bridgehead atoms. The number of nitrogens with one attached hydrogen (secondary N) is 2. The van der Waals surface area contributed by atoms with Crippen LogP contribution in [0.3, 0.4) is 0 Å². The molecule has 2 aromatic carbocycles. The number of hydrogen-bond acceptors (Lipinski definition) is 4. The molecule has 2 heterocycles. The van der Waals surface area contributed by atoms with Gasteiger partial charge >= 0.3 is 0 Å². The number of nitrogens with zero attached hydrogens (tertiary/aromatic N) is 4. The minimum absolute atomic E-state index is 0.0708. The molecule has 27 heavy (non-hydrogen) atoms. The first-order valence-corrected chi connectivity index (χ1v) is 8.51. The zero-order chi connectivity index (χ0) is 18.8. The maximum Gasteiger partial charge on any atom is 0.290 e. The van der Waals surface area contributed by atoms with E-state index in [2.05, 4.69) is 25.4 Å². The van der Waals surface area contributed by atoms with Gasteiger partial charge in [0.05, 0.1) is 16.7 Å². The van der Waals surface area contributed by atoms with Crippen LogP contribution in [0.25, 0.3) is 16.7 Å². The minimum Gasteiger partial charge on any atom is -0.349 e. The number of H-pyrrole nitrogens is 1. The van der Waals surface area contributed by atoms with Crippen molar-refractivity contribution in [3.63, 3.8) is 0 Å². The minimum atomic E-state index is -0.366. The fourth-order valence-corrected chi connectivity index (χ4v) is 2.81. The normalized spacial score (nSPS) is 11.0. The lowest BCUT2D eigenvalue weighted by atomic mass is 10.3. The molecule has 0 aliphatic heterocycles. The lowest BCUT2D eigenvalue weighted by Gasteiger charge is -2.02. The Morgan fingerprint density at radius 2 is 1.93 bits per heavy atom. The van der Waals surface area contributed by atoms with E-state index in [4.69, 9.17) is 0 Å². The van der Waals surface area contributed by atoms with E-state index in [1.807, 2.05) is 24.3 Å². The average molecular weight is 364 g/mol. The summed E-state index contributed by atoms with van der Waals surface area (Å²) in [7, 11) is 0. The Morgan fingerprint density at radius 1 is 1.15 bits per heavy atom. The van der Waals surface area contributed by atoms with Crippen molar-refractivity contribution in [1.29, 1.82) is 0 Å². The van der Waals surface area contributed by atoms with E-state index in [0.717, 1.165) is 16.9 Å². The molecule has 2 N–H and O–H groups in total. The molecule has 0 atom stereocenters. The van der Waals surface area contributed by atoms with E-state index in [0.29, 0.717) is 24.5 Å². The number of benzene rings is 2. The molecule has 1 amide bonds. The van der Waals surface area contributed by atoms with Gasteiger partial charge in [0.1, 0.15) is 17.5 Å². The lowest BCUT2D eigenvalue weighted by Crippen LogP contribution is -2.27. The number of halogens is 1. The number of amides is 1. The molecule has 8 heteroatoms. The Kier molecular flexibility index (Phi) is 4.37. The van der Waals surface area contributed by atoms with Crippen LogP contribution in [0, 0.1) is 12.7 Å². The van der Waals surface area contributed by atoms with Crippen molar-refractivity contribution in [3.8, 4) is 5.69 Å². The SMILES string of the molecule is Cc1nc(C(=O)NCCc2nc3ccccc3[nH]2)nn1-c1ccc(F)cc1. The van der Waals surface area contributed by atoms with Gasteiger partial charge in [-0.1, -0.05) is 12.1 Å². The summed E-state index contributed by atoms with van der Waals surface area (Å²) in [5, 5.41) is 7.01. The van der Waals surface area contributed by atoms with Crippen LogP contribution >= 0.6 is 0 Å². The topological polar surface area (TPSA) is 88.5 Å². The summed E-state index contributed by atoms with van der Waals surface area (Å²) in [5.41, 5.74) is 2.51. The molecule has 0 saturated carbocycles. The van der Waals surface area contributed by atoms with E-state index >= 15 is 0 Å². The maximum absolute atomic E-state index is 13.1. The largest absolute Gasteiger partial charge is 0.349 e. The summed E-state index contributed by atoms with van der Waals surface area (Å²) in [5.74, 6) is 0.720. The van der Waals surface area contributed by atoms with Gasteiger partial charge in [-0.3, -0.25) is 4.79 Å². The summed E-state index contributed by atoms with van der Waals surface area (Å²) >= 11 is 0. The van der Waals surface area contributed by atoms with Crippen LogP contribution in [0.4, 0.5) is 4.39 Å². The molecule has 0 spiro atoms. The van der Waals surface area contributed by atoms with Gasteiger partial charge in [-0.05, 0) is 43.3 Å². The van der Waals surface area contributed by atoms with Gasteiger partial charge in [0.25, 0.3) is 5.91 Å². The Hall–Kier alpha value is -3.55. The highest BCUT2D eigenvalue weighted by Crippen LogP contribution is 2.11. The third-order valence-corrected chi connectivity index (χ3v) is 4.13. The van der Waals surface area contributed by atoms with Crippen LogP contribution < -0.4 is 5.32 Å². The number of aromatic nitrogens is 5. The molecular weight excluding hydrogens is 347 g/mol. The van der Waals surface area contributed by atoms with E-state index in [-0.39, 0.29) is 17.5 Å². The fraction of sp³-hybridized carbons (Fsp3) is 0.158. The summed E-state index contributed by atoms with van der Waals surface area (Å²) in [4.78, 5) is 24.2. The number of hydrogen-bond donors (Lipinski definition) is 2. The Bertz CT molecular complexity index is 1070. The lowest BCUT2D eigenvalue weighted by molar-refractivity contribution is 0.0943. The number of imidazole rings is 1. The molecular formula is C19H17FN6O. The number of aryl methyl sites for hydroxylation is 1. The predicted molar refractivity (Wildman–Crippen MR) is 98.2 cm³/mol. The quantitative estimate of drug-likeness (QED) is 0.570. The Balaban J connectivity index is 1.41. The van der Waals surface area contributed by atoms with Crippen LogP contribution in [-0.2, 0) is 6.42 Å². The monoisotopic (exact) mass is 364 g/mol. The highest BCUT2D eigenvalue weighted by Gasteiger charge is 2.15. The third kappa shape index (κ3) is 3.55. The van der Waals surface area contributed by atoms with Gasteiger partial charge in [-0.25, -0.2) is 19.0 Å². The maximum atomic E-state index is 13.1. The Labute approximate surface area is 154 Å². The van der Waals surface area contributed by atoms with Crippen LogP contribution in [0.2, 0.25) is 0 Å². The van der Waals surface area contributed by atoms with Crippen LogP contribution in [0.15, 0.2) is 48.5 Å². The molecule has 0 aliphatic carbocycles. The van der Waals surface area contributed by atoms with Crippen molar-refractivity contribution < 1.29 is 9.18 Å². The van der Waals surface area contributed by atoms with Gasteiger partial charge < -0.3 is 10.3 Å². The smallest absolute Gasteiger partial charge is 0.290 e. The van der Waals surface area contributed by atoms with Gasteiger partial charge in [-0.15, -0.1) is 5.10 Å².